The van der Waals surface area contributed by atoms with Crippen LogP contribution in [0.5, 0.6) is 0 Å². The Balaban J connectivity index is 0.00000144. The van der Waals surface area contributed by atoms with Gasteiger partial charge in [0.05, 0.1) is 16.7 Å². The van der Waals surface area contributed by atoms with Crippen LogP contribution in [0.4, 0.5) is 0 Å². The quantitative estimate of drug-likeness (QED) is 0.680. The molecule has 6 heteroatoms. The summed E-state index contributed by atoms with van der Waals surface area (Å²) in [6, 6.07) is 8.58. The number of aryl methyl sites for hydroxylation is 1. The van der Waals surface area contributed by atoms with Gasteiger partial charge in [0.15, 0.2) is 0 Å². The van der Waals surface area contributed by atoms with Gasteiger partial charge < -0.3 is 9.47 Å². The third-order valence-electron chi connectivity index (χ3n) is 4.12. The summed E-state index contributed by atoms with van der Waals surface area (Å²) in [6.45, 7) is 8.73. The van der Waals surface area contributed by atoms with Crippen LogP contribution in [0.15, 0.2) is 30.5 Å². The normalized spacial score (nSPS) is 11.8. The van der Waals surface area contributed by atoms with Gasteiger partial charge in [-0.3, -0.25) is 4.40 Å². The molecule has 0 unspecified atom stereocenters. The number of fused-ring (bicyclic) bond motifs is 3. The number of halogens is 2. The van der Waals surface area contributed by atoms with E-state index in [9.17, 15) is 0 Å². The maximum absolute atomic E-state index is 4.93. The van der Waals surface area contributed by atoms with Gasteiger partial charge in [0.1, 0.15) is 0 Å². The van der Waals surface area contributed by atoms with E-state index in [1.54, 1.807) is 0 Å². The maximum atomic E-state index is 4.93. The average molecular weight is 371 g/mol. The second-order valence-electron chi connectivity index (χ2n) is 7.34. The van der Waals surface area contributed by atoms with Gasteiger partial charge in [-0.2, -0.15) is 0 Å². The van der Waals surface area contributed by atoms with Crippen LogP contribution in [0.3, 0.4) is 0 Å². The van der Waals surface area contributed by atoms with Crippen LogP contribution < -0.4 is 0 Å². The molecule has 0 amide bonds. The molecule has 1 aromatic carbocycles. The Hall–Kier alpha value is -1.23. The van der Waals surface area contributed by atoms with E-state index in [1.165, 1.54) is 11.0 Å². The largest absolute Gasteiger partial charge is 0.310 e. The molecule has 0 radical (unpaired) electrons. The van der Waals surface area contributed by atoms with Crippen LogP contribution in [0.2, 0.25) is 0 Å². The molecule has 2 aromatic heterocycles. The first kappa shape index (κ1) is 20.8. The number of hydrogen-bond acceptors (Lipinski definition) is 2. The zero-order chi connectivity index (χ0) is 15.9. The Morgan fingerprint density at radius 2 is 1.67 bits per heavy atom. The highest BCUT2D eigenvalue weighted by atomic mass is 35.5. The molecule has 0 aliphatic heterocycles. The molecule has 0 aliphatic carbocycles. The Bertz CT molecular complexity index is 796. The molecule has 0 bridgehead atoms. The predicted molar refractivity (Wildman–Crippen MR) is 107 cm³/mol. The standard InChI is InChI=1S/C18H26N4.2ClH/c1-18(2,3)16-13-22-15-10-7-6-9-14(15)21(17(22)19-16)12-8-11-20(4)5;;/h6-7,9-10,13H,8,11-12H2,1-5H3;2*1H. The van der Waals surface area contributed by atoms with Gasteiger partial charge in [0.2, 0.25) is 5.78 Å². The van der Waals surface area contributed by atoms with Crippen molar-refractivity contribution in [3.63, 3.8) is 0 Å². The molecule has 2 heterocycles. The van der Waals surface area contributed by atoms with Crippen LogP contribution in [0.1, 0.15) is 32.9 Å². The second-order valence-corrected chi connectivity index (χ2v) is 7.34. The van der Waals surface area contributed by atoms with E-state index in [0.717, 1.165) is 31.0 Å². The molecule has 0 saturated carbocycles. The van der Waals surface area contributed by atoms with Crippen molar-refractivity contribution in [2.75, 3.05) is 20.6 Å². The van der Waals surface area contributed by atoms with E-state index in [2.05, 4.69) is 79.2 Å². The maximum Gasteiger partial charge on any atom is 0.215 e. The van der Waals surface area contributed by atoms with E-state index < -0.39 is 0 Å². The molecule has 24 heavy (non-hydrogen) atoms. The van der Waals surface area contributed by atoms with Crippen LogP contribution in [0, 0.1) is 0 Å². The van der Waals surface area contributed by atoms with Crippen LogP contribution in [-0.2, 0) is 12.0 Å². The van der Waals surface area contributed by atoms with E-state index in [0.29, 0.717) is 0 Å². The van der Waals surface area contributed by atoms with Gasteiger partial charge in [0, 0.05) is 18.2 Å². The van der Waals surface area contributed by atoms with E-state index in [-0.39, 0.29) is 30.2 Å². The molecule has 0 fully saturated rings. The lowest BCUT2D eigenvalue weighted by Crippen LogP contribution is -2.15. The number of nitrogens with zero attached hydrogens (tertiary/aromatic N) is 4. The van der Waals surface area contributed by atoms with Crippen molar-refractivity contribution in [2.24, 2.45) is 0 Å². The van der Waals surface area contributed by atoms with Crippen molar-refractivity contribution in [1.29, 1.82) is 0 Å². The summed E-state index contributed by atoms with van der Waals surface area (Å²) in [5, 5.41) is 0. The summed E-state index contributed by atoms with van der Waals surface area (Å²) in [6.07, 6.45) is 3.32. The van der Waals surface area contributed by atoms with Crippen LogP contribution >= 0.6 is 24.8 Å². The Kier molecular flexibility index (Phi) is 6.74. The molecule has 3 aromatic rings. The highest BCUT2D eigenvalue weighted by Crippen LogP contribution is 2.26. The molecule has 0 N–H and O–H groups in total. The molecule has 0 aliphatic rings. The minimum absolute atomic E-state index is 0. The Morgan fingerprint density at radius 3 is 2.25 bits per heavy atom. The minimum Gasteiger partial charge on any atom is -0.310 e. The molecule has 0 spiro atoms. The fraction of sp³-hybridized carbons (Fsp3) is 0.500. The highest BCUT2D eigenvalue weighted by Gasteiger charge is 2.21. The minimum atomic E-state index is 0. The average Bonchev–Trinajstić information content (AvgIpc) is 2.97. The molecule has 0 atom stereocenters. The Morgan fingerprint density at radius 1 is 1.04 bits per heavy atom. The number of aromatic nitrogens is 3. The SMILES string of the molecule is CN(C)CCCn1c2ccccc2n2cc(C(C)(C)C)nc12.Cl.Cl. The lowest BCUT2D eigenvalue weighted by molar-refractivity contribution is 0.389. The summed E-state index contributed by atoms with van der Waals surface area (Å²) < 4.78 is 4.60. The first-order valence-corrected chi connectivity index (χ1v) is 7.99. The van der Waals surface area contributed by atoms with Gasteiger partial charge >= 0.3 is 0 Å². The number of rotatable bonds is 4. The van der Waals surface area contributed by atoms with E-state index >= 15 is 0 Å². The lowest BCUT2D eigenvalue weighted by atomic mass is 9.93. The molecule has 4 nitrogen and oxygen atoms in total. The van der Waals surface area contributed by atoms with Gasteiger partial charge in [-0.1, -0.05) is 32.9 Å². The first-order chi connectivity index (χ1) is 10.4. The Labute approximate surface area is 156 Å². The van der Waals surface area contributed by atoms with Crippen molar-refractivity contribution < 1.29 is 0 Å². The number of para-hydroxylation sites is 2. The van der Waals surface area contributed by atoms with Crippen molar-refractivity contribution >= 4 is 41.6 Å². The number of imidazole rings is 2. The van der Waals surface area contributed by atoms with E-state index in [4.69, 9.17) is 4.98 Å². The molecular formula is C18H28Cl2N4. The van der Waals surface area contributed by atoms with Gasteiger partial charge in [0.25, 0.3) is 0 Å². The van der Waals surface area contributed by atoms with Crippen molar-refractivity contribution in [3.8, 4) is 0 Å². The molecule has 134 valence electrons. The first-order valence-electron chi connectivity index (χ1n) is 7.99. The molecule has 0 saturated heterocycles. The zero-order valence-electron chi connectivity index (χ0n) is 15.1. The smallest absolute Gasteiger partial charge is 0.215 e. The third-order valence-corrected chi connectivity index (χ3v) is 4.12. The summed E-state index contributed by atoms with van der Waals surface area (Å²) in [5.74, 6) is 1.06. The molecule has 3 rings (SSSR count). The highest BCUT2D eigenvalue weighted by molar-refractivity contribution is 5.85. The van der Waals surface area contributed by atoms with Crippen LogP contribution in [-0.4, -0.2) is 39.5 Å². The second kappa shape index (κ2) is 7.77. The van der Waals surface area contributed by atoms with E-state index in [1.807, 2.05) is 0 Å². The zero-order valence-corrected chi connectivity index (χ0v) is 16.7. The number of hydrogen-bond donors (Lipinski definition) is 0. The molecular weight excluding hydrogens is 343 g/mol. The fourth-order valence-electron chi connectivity index (χ4n) is 2.87. The fourth-order valence-corrected chi connectivity index (χ4v) is 2.87. The summed E-state index contributed by atoms with van der Waals surface area (Å²) >= 11 is 0. The van der Waals surface area contributed by atoms with Gasteiger partial charge in [-0.05, 0) is 39.2 Å². The van der Waals surface area contributed by atoms with Crippen molar-refractivity contribution in [1.82, 2.24) is 18.9 Å². The monoisotopic (exact) mass is 370 g/mol. The predicted octanol–water partition coefficient (Wildman–Crippen LogP) is 4.38. The van der Waals surface area contributed by atoms with Gasteiger partial charge in [-0.25, -0.2) is 4.98 Å². The summed E-state index contributed by atoms with van der Waals surface area (Å²) in [4.78, 5) is 7.16. The lowest BCUT2D eigenvalue weighted by Gasteiger charge is -2.14. The van der Waals surface area contributed by atoms with Crippen molar-refractivity contribution in [3.05, 3.63) is 36.2 Å². The van der Waals surface area contributed by atoms with Gasteiger partial charge in [-0.15, -0.1) is 24.8 Å². The third kappa shape index (κ3) is 3.88. The van der Waals surface area contributed by atoms with Crippen molar-refractivity contribution in [2.45, 2.75) is 39.2 Å². The number of benzene rings is 1. The topological polar surface area (TPSA) is 25.5 Å². The van der Waals surface area contributed by atoms with Crippen LogP contribution in [0.25, 0.3) is 16.8 Å². The summed E-state index contributed by atoms with van der Waals surface area (Å²) in [7, 11) is 4.24. The summed E-state index contributed by atoms with van der Waals surface area (Å²) in [5.41, 5.74) is 3.73.